The number of ether oxygens (including phenoxy) is 3. The predicted molar refractivity (Wildman–Crippen MR) is 126 cm³/mol. The van der Waals surface area contributed by atoms with E-state index in [4.69, 9.17) is 39.1 Å². The molecule has 0 aromatic carbocycles. The van der Waals surface area contributed by atoms with E-state index in [0.29, 0.717) is 0 Å². The fraction of sp³-hybridized carbons (Fsp3) is 0.500. The van der Waals surface area contributed by atoms with Gasteiger partial charge in [-0.15, -0.1) is 0 Å². The number of H-pyrrole nitrogens is 1. The van der Waals surface area contributed by atoms with Crippen molar-refractivity contribution in [1.29, 1.82) is 0 Å². The van der Waals surface area contributed by atoms with Gasteiger partial charge in [0.2, 0.25) is 0 Å². The van der Waals surface area contributed by atoms with Gasteiger partial charge in [0.1, 0.15) is 0 Å². The zero-order chi connectivity index (χ0) is 26.7. The molecule has 1 unspecified atom stereocenters. The van der Waals surface area contributed by atoms with Gasteiger partial charge in [-0.25, -0.2) is 0 Å². The molecule has 10 N–H and O–H groups in total. The van der Waals surface area contributed by atoms with Gasteiger partial charge in [0.25, 0.3) is 0 Å². The van der Waals surface area contributed by atoms with Crippen molar-refractivity contribution < 1.29 is 61.6 Å². The van der Waals surface area contributed by atoms with Gasteiger partial charge in [0.05, 0.1) is 0 Å². The summed E-state index contributed by atoms with van der Waals surface area (Å²) in [5.41, 5.74) is 5.14. The molecule has 0 bridgehead atoms. The molecule has 1 aliphatic rings. The monoisotopic (exact) mass is 583 g/mol. The Bertz CT molecular complexity index is 1110. The summed E-state index contributed by atoms with van der Waals surface area (Å²) in [5, 5.41) is 0. The Balaban J connectivity index is 1.73. The SMILES string of the molecule is C=CCOCOC1C[C@H](n2cnc3c(=O)[nH]c(N)nc32)O[C@@H]1CO[PH](O)(O)O[PH](O)(O)O[PH](O)(O)O. The average Bonchev–Trinajstić information content (AvgIpc) is 3.31. The summed E-state index contributed by atoms with van der Waals surface area (Å²) in [6, 6.07) is 0. The maximum atomic E-state index is 12.1. The third-order valence-corrected chi connectivity index (χ3v) is 9.34. The Morgan fingerprint density at radius 1 is 1.22 bits per heavy atom. The first-order chi connectivity index (χ1) is 16.7. The molecule has 3 rings (SSSR count). The van der Waals surface area contributed by atoms with Crippen LogP contribution < -0.4 is 11.3 Å². The van der Waals surface area contributed by atoms with E-state index in [2.05, 4.69) is 30.2 Å². The van der Waals surface area contributed by atoms with E-state index in [9.17, 15) is 24.4 Å². The van der Waals surface area contributed by atoms with E-state index >= 15 is 0 Å². The quantitative estimate of drug-likeness (QED) is 0.0521. The van der Waals surface area contributed by atoms with Gasteiger partial charge in [-0.1, -0.05) is 0 Å². The summed E-state index contributed by atoms with van der Waals surface area (Å²) < 4.78 is 30.9. The number of imidazole rings is 1. The van der Waals surface area contributed by atoms with Crippen molar-refractivity contribution in [1.82, 2.24) is 19.5 Å². The number of nitrogens with one attached hydrogen (secondary N) is 1. The minimum atomic E-state index is -5.61. The molecule has 19 nitrogen and oxygen atoms in total. The number of nitrogens with zero attached hydrogens (tertiary/aromatic N) is 3. The molecule has 36 heavy (non-hydrogen) atoms. The number of nitrogen functional groups attached to an aromatic ring is 1. The number of aromatic nitrogens is 4. The summed E-state index contributed by atoms with van der Waals surface area (Å²) in [6.07, 6.45) is 0.222. The molecule has 2 aromatic heterocycles. The molecule has 1 aliphatic heterocycles. The predicted octanol–water partition coefficient (Wildman–Crippen LogP) is -2.24. The Morgan fingerprint density at radius 2 is 1.94 bits per heavy atom. The Hall–Kier alpha value is -1.34. The van der Waals surface area contributed by atoms with Gasteiger partial charge in [-0.2, -0.15) is 0 Å². The summed E-state index contributed by atoms with van der Waals surface area (Å²) in [7, 11) is -16.5. The summed E-state index contributed by atoms with van der Waals surface area (Å²) in [4.78, 5) is 87.8. The topological polar surface area (TPSA) is 287 Å². The molecule has 208 valence electrons. The third kappa shape index (κ3) is 8.08. The van der Waals surface area contributed by atoms with Gasteiger partial charge < -0.3 is 0 Å². The summed E-state index contributed by atoms with van der Waals surface area (Å²) in [6.45, 7) is 2.83. The molecular weight excluding hydrogens is 555 g/mol. The minimum absolute atomic E-state index is 0.00621. The number of fused-ring (bicyclic) bond motifs is 1. The first kappa shape index (κ1) is 29.2. The molecule has 0 aliphatic carbocycles. The zero-order valence-electron chi connectivity index (χ0n) is 18.3. The van der Waals surface area contributed by atoms with Crippen LogP contribution in [0.25, 0.3) is 11.2 Å². The molecule has 3 atom stereocenters. The van der Waals surface area contributed by atoms with Crippen LogP contribution in [-0.2, 0) is 27.4 Å². The molecule has 1 saturated heterocycles. The van der Waals surface area contributed by atoms with Crippen LogP contribution in [0.5, 0.6) is 0 Å². The summed E-state index contributed by atoms with van der Waals surface area (Å²) >= 11 is 0. The molecule has 0 saturated carbocycles. The van der Waals surface area contributed by atoms with Crippen LogP contribution in [0.1, 0.15) is 12.6 Å². The number of rotatable bonds is 13. The van der Waals surface area contributed by atoms with Crippen molar-refractivity contribution in [2.24, 2.45) is 0 Å². The van der Waals surface area contributed by atoms with E-state index in [1.54, 1.807) is 0 Å². The molecule has 2 aromatic rings. The van der Waals surface area contributed by atoms with Crippen molar-refractivity contribution in [3.63, 3.8) is 0 Å². The number of hydrogen-bond acceptors (Lipinski definition) is 17. The van der Waals surface area contributed by atoms with E-state index < -0.39 is 55.1 Å². The van der Waals surface area contributed by atoms with E-state index in [0.717, 1.165) is 0 Å². The van der Waals surface area contributed by atoms with Gasteiger partial charge in [0, 0.05) is 0 Å². The number of aromatic amines is 1. The van der Waals surface area contributed by atoms with Crippen molar-refractivity contribution in [3.8, 4) is 0 Å². The molecule has 22 heteroatoms. The number of nitrogens with two attached hydrogens (primary N) is 1. The number of anilines is 1. The zero-order valence-corrected chi connectivity index (χ0v) is 21.3. The second kappa shape index (κ2) is 11.6. The van der Waals surface area contributed by atoms with Crippen LogP contribution in [0.3, 0.4) is 0 Å². The van der Waals surface area contributed by atoms with Gasteiger partial charge in [-0.3, -0.25) is 0 Å². The van der Waals surface area contributed by atoms with Gasteiger partial charge in [-0.05, 0) is 0 Å². The molecular formula is C14H28N5O14P3. The number of hydrogen-bond donors (Lipinski definition) is 9. The summed E-state index contributed by atoms with van der Waals surface area (Å²) in [5.74, 6) is -0.158. The first-order valence-corrected chi connectivity index (χ1v) is 15.2. The van der Waals surface area contributed by atoms with Crippen molar-refractivity contribution >= 4 is 41.6 Å². The van der Waals surface area contributed by atoms with E-state index in [-0.39, 0.29) is 36.9 Å². The van der Waals surface area contributed by atoms with Crippen molar-refractivity contribution in [2.75, 3.05) is 25.7 Å². The molecule has 3 heterocycles. The first-order valence-electron chi connectivity index (χ1n) is 9.98. The van der Waals surface area contributed by atoms with E-state index in [1.807, 2.05) is 0 Å². The fourth-order valence-electron chi connectivity index (χ4n) is 3.21. The Kier molecular flexibility index (Phi) is 9.41. The maximum absolute atomic E-state index is 12.1. The van der Waals surface area contributed by atoms with Crippen LogP contribution in [-0.4, -0.2) is 86.0 Å². The van der Waals surface area contributed by atoms with Gasteiger partial charge in [0.15, 0.2) is 0 Å². The molecule has 0 amide bonds. The molecule has 1 fully saturated rings. The van der Waals surface area contributed by atoms with Crippen LogP contribution in [0.15, 0.2) is 23.8 Å². The second-order valence-electron chi connectivity index (χ2n) is 7.31. The normalized spacial score (nSPS) is 22.7. The molecule has 0 spiro atoms. The average molecular weight is 583 g/mol. The standard InChI is InChI=1S/C14H28N5O14P3/c1-2-3-28-7-29-8-4-10(19-6-16-11-12(19)17-14(15)18-13(11)20)31-9(8)5-30-35(24,25)33-36(26,27)32-34(21,22)23/h2,6,8-10,21-27,34-36H,1,3-5,7H2,(H3,15,17,18,20)/t8?,9-,10-/m1/s1. The van der Waals surface area contributed by atoms with Crippen LogP contribution in [0.2, 0.25) is 0 Å². The van der Waals surface area contributed by atoms with Crippen LogP contribution in [0.4, 0.5) is 5.95 Å². The van der Waals surface area contributed by atoms with Crippen molar-refractivity contribution in [2.45, 2.75) is 24.9 Å². The van der Waals surface area contributed by atoms with Crippen LogP contribution >= 0.6 is 24.5 Å². The Labute approximate surface area is 203 Å². The van der Waals surface area contributed by atoms with Crippen LogP contribution in [0, 0.1) is 0 Å². The Morgan fingerprint density at radius 3 is 2.61 bits per heavy atom. The fourth-order valence-corrected chi connectivity index (χ4v) is 7.18. The third-order valence-electron chi connectivity index (χ3n) is 4.51. The van der Waals surface area contributed by atoms with Gasteiger partial charge >= 0.3 is 203 Å². The van der Waals surface area contributed by atoms with Crippen molar-refractivity contribution in [3.05, 3.63) is 29.3 Å². The second-order valence-corrected chi connectivity index (χ2v) is 12.6. The molecule has 0 radical (unpaired) electrons. The van der Waals surface area contributed by atoms with E-state index in [1.165, 1.54) is 17.0 Å².